The standard InChI is InChI=1S/C40H34Cl2FN5O4S/c1-23-9-14-28(35(44-23)47-21-40(22-47)16-19-52-20-17-40)36(49)45-25-12-10-24(11-13-25)39(51)48-18-15-27-33(43)38(53-34(27)26-5-2-3-8-31(26)48)46-37(50)32-29(41)6-4-7-30(32)42/h2-14H,15-22H2,1H3,(H,45,49)(H,46,50). The van der Waals surface area contributed by atoms with Crippen LogP contribution in [0.15, 0.2) is 78.9 Å². The molecule has 13 heteroatoms. The molecule has 0 saturated carbocycles. The minimum atomic E-state index is -0.615. The van der Waals surface area contributed by atoms with Crippen molar-refractivity contribution in [2.24, 2.45) is 5.41 Å². The van der Waals surface area contributed by atoms with Gasteiger partial charge in [-0.3, -0.25) is 14.4 Å². The number of anilines is 4. The van der Waals surface area contributed by atoms with E-state index in [2.05, 4.69) is 15.5 Å². The fourth-order valence-electron chi connectivity index (χ4n) is 7.35. The summed E-state index contributed by atoms with van der Waals surface area (Å²) in [5.41, 5.74) is 4.26. The molecule has 0 aliphatic carbocycles. The predicted octanol–water partition coefficient (Wildman–Crippen LogP) is 8.89. The van der Waals surface area contributed by atoms with E-state index in [1.54, 1.807) is 47.4 Å². The number of pyridine rings is 1. The molecule has 2 N–H and O–H groups in total. The largest absolute Gasteiger partial charge is 0.381 e. The summed E-state index contributed by atoms with van der Waals surface area (Å²) in [5, 5.41) is 5.99. The van der Waals surface area contributed by atoms with Crippen molar-refractivity contribution in [1.29, 1.82) is 0 Å². The zero-order chi connectivity index (χ0) is 36.9. The Hall–Kier alpha value is -4.81. The average molecular weight is 771 g/mol. The molecule has 0 radical (unpaired) electrons. The van der Waals surface area contributed by atoms with Gasteiger partial charge in [0.2, 0.25) is 0 Å². The minimum Gasteiger partial charge on any atom is -0.381 e. The maximum Gasteiger partial charge on any atom is 0.259 e. The topological polar surface area (TPSA) is 104 Å². The molecule has 0 unspecified atom stereocenters. The molecule has 3 aliphatic heterocycles. The van der Waals surface area contributed by atoms with Crippen molar-refractivity contribution >= 4 is 74.5 Å². The van der Waals surface area contributed by atoms with Crippen LogP contribution in [0.25, 0.3) is 10.4 Å². The van der Waals surface area contributed by atoms with Gasteiger partial charge in [0.05, 0.1) is 26.9 Å². The predicted molar refractivity (Wildman–Crippen MR) is 208 cm³/mol. The number of carbonyl (C=O) groups is 3. The molecule has 0 bridgehead atoms. The summed E-state index contributed by atoms with van der Waals surface area (Å²) in [6.07, 6.45) is 2.24. The molecular formula is C40H34Cl2FN5O4S. The summed E-state index contributed by atoms with van der Waals surface area (Å²) >= 11 is 13.5. The van der Waals surface area contributed by atoms with Crippen molar-refractivity contribution in [3.05, 3.63) is 123 Å². The Bertz CT molecular complexity index is 2250. The second kappa shape index (κ2) is 14.2. The van der Waals surface area contributed by atoms with Crippen LogP contribution in [0.1, 0.15) is 55.2 Å². The quantitative estimate of drug-likeness (QED) is 0.179. The van der Waals surface area contributed by atoms with Crippen molar-refractivity contribution < 1.29 is 23.5 Å². The highest BCUT2D eigenvalue weighted by molar-refractivity contribution is 7.19. The smallest absolute Gasteiger partial charge is 0.259 e. The van der Waals surface area contributed by atoms with Gasteiger partial charge in [-0.05, 0) is 80.8 Å². The van der Waals surface area contributed by atoms with Crippen molar-refractivity contribution in [1.82, 2.24) is 4.98 Å². The number of amides is 3. The molecule has 2 aromatic heterocycles. The monoisotopic (exact) mass is 769 g/mol. The maximum absolute atomic E-state index is 16.0. The van der Waals surface area contributed by atoms with E-state index >= 15 is 4.39 Å². The van der Waals surface area contributed by atoms with Gasteiger partial charge in [-0.2, -0.15) is 0 Å². The highest BCUT2D eigenvalue weighted by Gasteiger charge is 2.45. The number of para-hydroxylation sites is 1. The molecule has 0 atom stereocenters. The van der Waals surface area contributed by atoms with E-state index in [0.29, 0.717) is 44.3 Å². The molecule has 8 rings (SSSR count). The molecule has 2 fully saturated rings. The van der Waals surface area contributed by atoms with Crippen molar-refractivity contribution in [3.63, 3.8) is 0 Å². The van der Waals surface area contributed by atoms with Gasteiger partial charge in [0.1, 0.15) is 10.8 Å². The highest BCUT2D eigenvalue weighted by atomic mass is 35.5. The van der Waals surface area contributed by atoms with Crippen LogP contribution in [0.5, 0.6) is 0 Å². The number of benzene rings is 3. The van der Waals surface area contributed by atoms with E-state index in [0.717, 1.165) is 56.2 Å². The Labute approximate surface area is 319 Å². The number of thiophene rings is 1. The lowest BCUT2D eigenvalue weighted by Crippen LogP contribution is -2.59. The first-order valence-electron chi connectivity index (χ1n) is 17.3. The second-order valence-electron chi connectivity index (χ2n) is 13.7. The van der Waals surface area contributed by atoms with Crippen LogP contribution in [0.2, 0.25) is 10.0 Å². The first-order chi connectivity index (χ1) is 25.6. The number of rotatable bonds is 6. The average Bonchev–Trinajstić information content (AvgIpc) is 3.34. The van der Waals surface area contributed by atoms with Crippen molar-refractivity contribution in [2.75, 3.05) is 53.3 Å². The van der Waals surface area contributed by atoms with Crippen LogP contribution in [-0.4, -0.2) is 55.6 Å². The van der Waals surface area contributed by atoms with Crippen molar-refractivity contribution in [2.45, 2.75) is 26.2 Å². The SMILES string of the molecule is Cc1ccc(C(=O)Nc2ccc(C(=O)N3CCc4c(sc(NC(=O)c5c(Cl)cccc5Cl)c4F)-c4ccccc43)cc2)c(N2CC3(CCOCC3)C2)n1. The van der Waals surface area contributed by atoms with Gasteiger partial charge in [0.25, 0.3) is 17.7 Å². The van der Waals surface area contributed by atoms with Gasteiger partial charge < -0.3 is 25.2 Å². The number of ether oxygens (including phenoxy) is 1. The van der Waals surface area contributed by atoms with Crippen LogP contribution in [0, 0.1) is 18.2 Å². The summed E-state index contributed by atoms with van der Waals surface area (Å²) in [6, 6.07) is 22.4. The van der Waals surface area contributed by atoms with Gasteiger partial charge in [0, 0.05) is 71.2 Å². The number of hydrogen-bond acceptors (Lipinski definition) is 7. The Morgan fingerprint density at radius 1 is 0.887 bits per heavy atom. The lowest BCUT2D eigenvalue weighted by molar-refractivity contribution is -0.000519. The maximum atomic E-state index is 16.0. The number of aromatic nitrogens is 1. The fourth-order valence-corrected chi connectivity index (χ4v) is 9.08. The van der Waals surface area contributed by atoms with E-state index < -0.39 is 11.7 Å². The third kappa shape index (κ3) is 6.67. The van der Waals surface area contributed by atoms with Gasteiger partial charge in [-0.25, -0.2) is 9.37 Å². The van der Waals surface area contributed by atoms with Crippen LogP contribution in [0.4, 0.5) is 26.6 Å². The summed E-state index contributed by atoms with van der Waals surface area (Å²) in [7, 11) is 0. The van der Waals surface area contributed by atoms with Gasteiger partial charge in [-0.1, -0.05) is 47.5 Å². The minimum absolute atomic E-state index is 0.0462. The molecule has 5 heterocycles. The van der Waals surface area contributed by atoms with E-state index in [9.17, 15) is 14.4 Å². The van der Waals surface area contributed by atoms with E-state index in [4.69, 9.17) is 32.9 Å². The molecule has 3 aromatic carbocycles. The first kappa shape index (κ1) is 35.2. The number of carbonyl (C=O) groups excluding carboxylic acids is 3. The summed E-state index contributed by atoms with van der Waals surface area (Å²) in [6.45, 7) is 5.35. The van der Waals surface area contributed by atoms with Crippen LogP contribution in [-0.2, 0) is 11.2 Å². The molecule has 53 heavy (non-hydrogen) atoms. The highest BCUT2D eigenvalue weighted by Crippen LogP contribution is 2.46. The van der Waals surface area contributed by atoms with Crippen LogP contribution >= 0.6 is 34.5 Å². The molecule has 9 nitrogen and oxygen atoms in total. The van der Waals surface area contributed by atoms with Crippen LogP contribution in [0.3, 0.4) is 0 Å². The van der Waals surface area contributed by atoms with Crippen molar-refractivity contribution in [3.8, 4) is 10.4 Å². The fraction of sp³-hybridized carbons (Fsp3) is 0.250. The van der Waals surface area contributed by atoms with Crippen LogP contribution < -0.4 is 20.4 Å². The molecular weight excluding hydrogens is 736 g/mol. The molecule has 3 amide bonds. The Morgan fingerprint density at radius 3 is 2.34 bits per heavy atom. The number of hydrogen-bond donors (Lipinski definition) is 2. The molecule has 2 saturated heterocycles. The number of nitrogens with one attached hydrogen (secondary N) is 2. The molecule has 5 aromatic rings. The lowest BCUT2D eigenvalue weighted by Gasteiger charge is -2.53. The van der Waals surface area contributed by atoms with E-state index in [1.165, 1.54) is 0 Å². The summed E-state index contributed by atoms with van der Waals surface area (Å²) in [4.78, 5) is 49.8. The first-order valence-corrected chi connectivity index (χ1v) is 18.9. The van der Waals surface area contributed by atoms with Gasteiger partial charge in [0.15, 0.2) is 5.82 Å². The number of halogens is 3. The van der Waals surface area contributed by atoms with E-state index in [-0.39, 0.29) is 50.8 Å². The second-order valence-corrected chi connectivity index (χ2v) is 15.5. The number of aryl methyl sites for hydroxylation is 1. The summed E-state index contributed by atoms with van der Waals surface area (Å²) < 4.78 is 21.5. The zero-order valence-corrected chi connectivity index (χ0v) is 31.0. The summed E-state index contributed by atoms with van der Waals surface area (Å²) in [5.74, 6) is -1.04. The lowest BCUT2D eigenvalue weighted by atomic mass is 9.73. The third-order valence-corrected chi connectivity index (χ3v) is 12.0. The normalized spacial score (nSPS) is 15.9. The van der Waals surface area contributed by atoms with E-state index in [1.807, 2.05) is 43.3 Å². The Balaban J connectivity index is 0.986. The number of fused-ring (bicyclic) bond motifs is 3. The van der Waals surface area contributed by atoms with Gasteiger partial charge >= 0.3 is 0 Å². The molecule has 1 spiro atoms. The number of nitrogens with zero attached hydrogens (tertiary/aromatic N) is 3. The third-order valence-electron chi connectivity index (χ3n) is 10.2. The molecule has 270 valence electrons. The Kier molecular flexibility index (Phi) is 9.44. The zero-order valence-electron chi connectivity index (χ0n) is 28.7. The molecule has 3 aliphatic rings. The van der Waals surface area contributed by atoms with Gasteiger partial charge in [-0.15, -0.1) is 11.3 Å². The Morgan fingerprint density at radius 2 is 1.60 bits per heavy atom.